The third-order valence-electron chi connectivity index (χ3n) is 20.3. The minimum atomic E-state index is -4.88. The fraction of sp³-hybridized carbons (Fsp3) is 0.946. The van der Waals surface area contributed by atoms with Gasteiger partial charge in [0.1, 0.15) is 103 Å². The third kappa shape index (κ3) is 13.5. The second-order valence-corrected chi connectivity index (χ2v) is 27.7. The van der Waals surface area contributed by atoms with E-state index in [0.717, 1.165) is 12.0 Å². The first kappa shape index (κ1) is 67.7. The Morgan fingerprint density at radius 1 is 0.647 bits per heavy atom. The number of hydrogen-bond acceptors (Lipinski definition) is 27. The van der Waals surface area contributed by atoms with Crippen LogP contribution in [0.4, 0.5) is 0 Å². The lowest BCUT2D eigenvalue weighted by Gasteiger charge is -2.60. The minimum absolute atomic E-state index is 0.00462. The Hall–Kier alpha value is -1.64. The van der Waals surface area contributed by atoms with E-state index in [0.29, 0.717) is 32.1 Å². The van der Waals surface area contributed by atoms with E-state index in [1.54, 1.807) is 6.92 Å². The van der Waals surface area contributed by atoms with Gasteiger partial charge in [-0.2, -0.15) is 8.42 Å². The summed E-state index contributed by atoms with van der Waals surface area (Å²) in [6.45, 7) is 12.6. The molecule has 0 aromatic heterocycles. The number of ether oxygens (including phenoxy) is 10. The molecule has 33 atom stereocenters. The fourth-order valence-corrected chi connectivity index (χ4v) is 16.3. The summed E-state index contributed by atoms with van der Waals surface area (Å²) in [7, 11) is -4.88. The Morgan fingerprint density at radius 3 is 1.78 bits per heavy atom. The number of carbonyl (C=O) groups excluding carboxylic acids is 1. The lowest BCUT2D eigenvalue weighted by molar-refractivity contribution is -0.398. The molecule has 9 rings (SSSR count). The molecule has 9 aliphatic rings. The number of ketones is 1. The van der Waals surface area contributed by atoms with E-state index < -0.39 is 206 Å². The molecule has 0 spiro atoms. The van der Waals surface area contributed by atoms with Crippen molar-refractivity contribution >= 4 is 16.2 Å². The molecule has 0 bridgehead atoms. The second kappa shape index (κ2) is 26.2. The van der Waals surface area contributed by atoms with Gasteiger partial charge in [0.25, 0.3) is 0 Å². The van der Waals surface area contributed by atoms with E-state index in [1.807, 2.05) is 13.8 Å². The Kier molecular flexibility index (Phi) is 20.8. The summed E-state index contributed by atoms with van der Waals surface area (Å²) in [4.78, 5) is 13.2. The highest BCUT2D eigenvalue weighted by Crippen LogP contribution is 2.67. The molecule has 0 amide bonds. The van der Waals surface area contributed by atoms with Crippen LogP contribution >= 0.6 is 0 Å². The van der Waals surface area contributed by atoms with Crippen molar-refractivity contribution in [1.82, 2.24) is 0 Å². The van der Waals surface area contributed by atoms with Crippen LogP contribution in [0, 0.1) is 40.4 Å². The van der Waals surface area contributed by atoms with Crippen LogP contribution < -0.4 is 0 Å². The zero-order valence-corrected chi connectivity index (χ0v) is 50.0. The van der Waals surface area contributed by atoms with Gasteiger partial charge in [-0.15, -0.1) is 0 Å². The molecule has 14 N–H and O–H groups in total. The summed E-state index contributed by atoms with van der Waals surface area (Å²) in [5.74, 6) is -0.799. The van der Waals surface area contributed by atoms with Crippen molar-refractivity contribution in [3.63, 3.8) is 0 Å². The number of carbonyl (C=O) groups is 1. The van der Waals surface area contributed by atoms with E-state index in [-0.39, 0.29) is 48.7 Å². The zero-order chi connectivity index (χ0) is 62.3. The van der Waals surface area contributed by atoms with Crippen molar-refractivity contribution in [2.75, 3.05) is 13.2 Å². The normalized spacial score (nSPS) is 51.3. The molecule has 3 saturated carbocycles. The smallest absolute Gasteiger partial charge is 0.394 e. The predicted octanol–water partition coefficient (Wildman–Crippen LogP) is -2.68. The molecule has 5 heterocycles. The number of aliphatic hydroxyl groups excluding tert-OH is 12. The van der Waals surface area contributed by atoms with E-state index >= 15 is 0 Å². The molecule has 4 aliphatic carbocycles. The van der Waals surface area contributed by atoms with Crippen LogP contribution in [-0.2, 0) is 66.7 Å². The molecule has 0 aromatic rings. The fourth-order valence-electron chi connectivity index (χ4n) is 15.8. The third-order valence-corrected chi connectivity index (χ3v) is 20.8. The van der Waals surface area contributed by atoms with Crippen molar-refractivity contribution in [3.05, 3.63) is 11.6 Å². The Bertz CT molecular complexity index is 2420. The summed E-state index contributed by atoms with van der Waals surface area (Å²) < 4.78 is 100. The largest absolute Gasteiger partial charge is 0.397 e. The van der Waals surface area contributed by atoms with E-state index in [9.17, 15) is 84.1 Å². The topological polar surface area (TPSA) is 436 Å². The number of allylic oxidation sites excluding steroid dienone is 2. The summed E-state index contributed by atoms with van der Waals surface area (Å²) >= 11 is 0. The molecule has 28 nitrogen and oxygen atoms in total. The number of Topliss-reactive ketones (excluding diaryl/α,β-unsaturated/α-hetero) is 1. The zero-order valence-electron chi connectivity index (χ0n) is 49.1. The van der Waals surface area contributed by atoms with E-state index in [2.05, 4.69) is 19.9 Å². The van der Waals surface area contributed by atoms with Crippen LogP contribution in [0.15, 0.2) is 11.6 Å². The van der Waals surface area contributed by atoms with Gasteiger partial charge in [0.2, 0.25) is 0 Å². The minimum Gasteiger partial charge on any atom is -0.394 e. The molecule has 5 saturated heterocycles. The maximum Gasteiger partial charge on any atom is 0.397 e. The van der Waals surface area contributed by atoms with Gasteiger partial charge < -0.3 is 114 Å². The van der Waals surface area contributed by atoms with Crippen molar-refractivity contribution in [3.8, 4) is 0 Å². The SMILES string of the molecule is CC(C)CC(=O)CC(C)(O)[C@H]1CC[C@H]2[C@@H]3C[C@H](OC4OC(C)C(O)C(OC5OCC(OC6OC(CO)C(O)C(O)C6OC6OC(C)C(O)C(O)C6O)C(O)C5OC5OC(C)C(O)C(O)C5O)C4O)[C@H]4C[C@@H](OS(=O)(=O)O)CC[C@]4(C)C3=CC[C@]12C. The predicted molar refractivity (Wildman–Crippen MR) is 286 cm³/mol. The van der Waals surface area contributed by atoms with Crippen LogP contribution in [0.1, 0.15) is 113 Å². The highest BCUT2D eigenvalue weighted by atomic mass is 32.3. The maximum absolute atomic E-state index is 13.2. The van der Waals surface area contributed by atoms with Crippen molar-refractivity contribution < 1.29 is 136 Å². The number of aliphatic hydroxyl groups is 13. The van der Waals surface area contributed by atoms with Crippen LogP contribution in [0.3, 0.4) is 0 Å². The first-order valence-electron chi connectivity index (χ1n) is 29.9. The van der Waals surface area contributed by atoms with Gasteiger partial charge in [0.05, 0.1) is 49.3 Å². The molecule has 25 unspecified atom stereocenters. The summed E-state index contributed by atoms with van der Waals surface area (Å²) in [5, 5.41) is 145. The van der Waals surface area contributed by atoms with Gasteiger partial charge in [-0.3, -0.25) is 9.35 Å². The summed E-state index contributed by atoms with van der Waals surface area (Å²) in [6, 6.07) is 0. The average Bonchev–Trinajstić information content (AvgIpc) is 1.71. The van der Waals surface area contributed by atoms with Gasteiger partial charge in [0.15, 0.2) is 31.5 Å². The molecule has 0 radical (unpaired) electrons. The molecule has 85 heavy (non-hydrogen) atoms. The number of hydrogen-bond donors (Lipinski definition) is 14. The van der Waals surface area contributed by atoms with Crippen molar-refractivity contribution in [2.45, 2.75) is 278 Å². The summed E-state index contributed by atoms with van der Waals surface area (Å²) in [6.07, 6.45) is -37.1. The van der Waals surface area contributed by atoms with Gasteiger partial charge >= 0.3 is 10.4 Å². The van der Waals surface area contributed by atoms with Crippen LogP contribution in [-0.4, -0.2) is 264 Å². The van der Waals surface area contributed by atoms with Crippen molar-refractivity contribution in [1.29, 1.82) is 0 Å². The highest BCUT2D eigenvalue weighted by Gasteiger charge is 2.64. The molecule has 0 aromatic carbocycles. The Balaban J connectivity index is 0.982. The Labute approximate surface area is 494 Å². The lowest BCUT2D eigenvalue weighted by Crippen LogP contribution is -2.67. The van der Waals surface area contributed by atoms with Crippen molar-refractivity contribution in [2.24, 2.45) is 40.4 Å². The average molecular weight is 1250 g/mol. The molecule has 490 valence electrons. The molecule has 8 fully saturated rings. The molecular formula is C56H92O28S. The quantitative estimate of drug-likeness (QED) is 0.0491. The molecular weight excluding hydrogens is 1150 g/mol. The van der Waals surface area contributed by atoms with E-state index in [4.69, 9.17) is 51.6 Å². The van der Waals surface area contributed by atoms with Gasteiger partial charge in [-0.05, 0) is 113 Å². The standard InChI is InChI=1S/C56H92O28S/c1-21(2)15-25(58)18-56(8,70)34-10-9-28-27-17-31(30-16-26(84-85(71,72)73)11-13-54(30,6)29(27)12-14-55(28,34)7)78-51-45(69)46(37(61)24(5)77-51)81-52-47(82-49-43(67)40(64)35(59)22(3)75-49)39(63)33(20-74-52)80-53-48(42(66)38(62)32(19-57)79-53)83-50-44(68)41(65)36(60)23(4)76-50/h12,21-24,26-28,30-53,57,59-70H,9-11,13-20H2,1-8H3,(H,71,72,73)/t22?,23?,24?,26-,27-,28-,30+,31-,32?,33?,34-,35?,36?,37?,38?,39?,40?,41?,42?,43?,44?,45?,46?,47?,48?,49?,50?,51?,52?,53?,54+,55-,56?/m0/s1. The first-order chi connectivity index (χ1) is 39.7. The maximum atomic E-state index is 13.2. The summed E-state index contributed by atoms with van der Waals surface area (Å²) in [5.41, 5.74) is -1.26. The first-order valence-corrected chi connectivity index (χ1v) is 31.3. The Morgan fingerprint density at radius 2 is 1.20 bits per heavy atom. The van der Waals surface area contributed by atoms with Gasteiger partial charge in [0, 0.05) is 12.8 Å². The highest BCUT2D eigenvalue weighted by molar-refractivity contribution is 7.80. The molecule has 5 aliphatic heterocycles. The number of rotatable bonds is 18. The monoisotopic (exact) mass is 1240 g/mol. The van der Waals surface area contributed by atoms with E-state index in [1.165, 1.54) is 20.8 Å². The molecule has 29 heteroatoms. The number of fused-ring (bicyclic) bond motifs is 5. The van der Waals surface area contributed by atoms with Gasteiger partial charge in [-0.25, -0.2) is 4.18 Å². The second-order valence-electron chi connectivity index (χ2n) is 26.7. The van der Waals surface area contributed by atoms with Crippen LogP contribution in [0.5, 0.6) is 0 Å². The van der Waals surface area contributed by atoms with Crippen LogP contribution in [0.25, 0.3) is 0 Å². The van der Waals surface area contributed by atoms with Crippen LogP contribution in [0.2, 0.25) is 0 Å². The lowest BCUT2D eigenvalue weighted by atomic mass is 9.47. The van der Waals surface area contributed by atoms with Gasteiger partial charge in [-0.1, -0.05) is 39.3 Å².